The zero-order valence-corrected chi connectivity index (χ0v) is 11.9. The molecule has 0 unspecified atom stereocenters. The summed E-state index contributed by atoms with van der Waals surface area (Å²) in [5, 5.41) is 1.76. The molecule has 0 atom stereocenters. The molecule has 0 fully saturated rings. The van der Waals surface area contributed by atoms with Gasteiger partial charge in [0, 0.05) is 33.2 Å². The van der Waals surface area contributed by atoms with Crippen LogP contribution in [0.3, 0.4) is 0 Å². The van der Waals surface area contributed by atoms with Crippen LogP contribution in [0.1, 0.15) is 0 Å². The summed E-state index contributed by atoms with van der Waals surface area (Å²) in [6.07, 6.45) is 1.62. The summed E-state index contributed by atoms with van der Waals surface area (Å²) >= 11 is 3.47. The summed E-state index contributed by atoms with van der Waals surface area (Å²) in [7, 11) is 0. The van der Waals surface area contributed by atoms with Crippen molar-refractivity contribution in [2.24, 2.45) is 0 Å². The number of nitrogens with zero attached hydrogens (tertiary/aromatic N) is 1. The van der Waals surface area contributed by atoms with Crippen LogP contribution in [0.5, 0.6) is 11.6 Å². The topological polar surface area (TPSA) is 48.1 Å². The molecule has 2 aromatic carbocycles. The maximum atomic E-state index is 13.8. The number of hydrogen-bond acceptors (Lipinski definition) is 3. The molecule has 1 heterocycles. The van der Waals surface area contributed by atoms with Crippen molar-refractivity contribution in [2.75, 3.05) is 5.73 Å². The predicted octanol–water partition coefficient (Wildman–Crippen LogP) is 4.51. The van der Waals surface area contributed by atoms with E-state index >= 15 is 0 Å². The summed E-state index contributed by atoms with van der Waals surface area (Å²) in [5.74, 6) is -0.0644. The summed E-state index contributed by atoms with van der Waals surface area (Å²) in [6, 6.07) is 11.8. The Kier molecular flexibility index (Phi) is 3.28. The molecule has 0 aliphatic heterocycles. The van der Waals surface area contributed by atoms with Gasteiger partial charge in [0.05, 0.1) is 0 Å². The van der Waals surface area contributed by atoms with Gasteiger partial charge < -0.3 is 10.5 Å². The highest BCUT2D eigenvalue weighted by atomic mass is 79.9. The maximum absolute atomic E-state index is 13.8. The molecule has 0 aliphatic carbocycles. The number of aromatic nitrogens is 1. The third-order valence-electron chi connectivity index (χ3n) is 2.88. The summed E-state index contributed by atoms with van der Waals surface area (Å²) in [6.45, 7) is 0. The van der Waals surface area contributed by atoms with Crippen molar-refractivity contribution in [1.29, 1.82) is 0 Å². The van der Waals surface area contributed by atoms with Gasteiger partial charge in [-0.25, -0.2) is 9.37 Å². The predicted molar refractivity (Wildman–Crippen MR) is 80.3 cm³/mol. The van der Waals surface area contributed by atoms with Gasteiger partial charge in [0.15, 0.2) is 11.6 Å². The van der Waals surface area contributed by atoms with Gasteiger partial charge in [-0.3, -0.25) is 0 Å². The number of benzene rings is 2. The second kappa shape index (κ2) is 5.09. The number of halogens is 2. The number of ether oxygens (including phenoxy) is 1. The van der Waals surface area contributed by atoms with Crippen LogP contribution in [0.25, 0.3) is 10.8 Å². The van der Waals surface area contributed by atoms with E-state index in [0.29, 0.717) is 11.6 Å². The Hall–Kier alpha value is -2.14. The Morgan fingerprint density at radius 1 is 1.10 bits per heavy atom. The van der Waals surface area contributed by atoms with Crippen LogP contribution in [0, 0.1) is 5.82 Å². The van der Waals surface area contributed by atoms with Crippen molar-refractivity contribution in [1.82, 2.24) is 4.98 Å². The van der Waals surface area contributed by atoms with E-state index in [1.807, 2.05) is 24.3 Å². The highest BCUT2D eigenvalue weighted by Crippen LogP contribution is 2.32. The van der Waals surface area contributed by atoms with Crippen LogP contribution in [-0.4, -0.2) is 4.98 Å². The van der Waals surface area contributed by atoms with Gasteiger partial charge in [-0.05, 0) is 30.3 Å². The highest BCUT2D eigenvalue weighted by molar-refractivity contribution is 9.10. The number of pyridine rings is 1. The number of rotatable bonds is 2. The zero-order valence-electron chi connectivity index (χ0n) is 10.3. The fourth-order valence-electron chi connectivity index (χ4n) is 1.93. The number of fused-ring (bicyclic) bond motifs is 1. The molecule has 0 bridgehead atoms. The fraction of sp³-hybridized carbons (Fsp3) is 0. The third kappa shape index (κ3) is 2.32. The fourth-order valence-corrected chi connectivity index (χ4v) is 2.43. The van der Waals surface area contributed by atoms with Crippen molar-refractivity contribution in [3.63, 3.8) is 0 Å². The van der Waals surface area contributed by atoms with Crippen molar-refractivity contribution < 1.29 is 9.13 Å². The first kappa shape index (κ1) is 12.9. The number of nitrogens with two attached hydrogens (primary N) is 1. The molecule has 0 amide bonds. The molecule has 0 saturated heterocycles. The van der Waals surface area contributed by atoms with E-state index in [0.717, 1.165) is 15.2 Å². The van der Waals surface area contributed by atoms with E-state index in [1.54, 1.807) is 12.3 Å². The Morgan fingerprint density at radius 3 is 2.75 bits per heavy atom. The first-order chi connectivity index (χ1) is 9.65. The molecule has 0 spiro atoms. The van der Waals surface area contributed by atoms with E-state index in [2.05, 4.69) is 20.9 Å². The van der Waals surface area contributed by atoms with Crippen LogP contribution < -0.4 is 10.5 Å². The number of anilines is 1. The van der Waals surface area contributed by atoms with Gasteiger partial charge in [0.2, 0.25) is 5.88 Å². The average Bonchev–Trinajstić information content (AvgIpc) is 2.43. The van der Waals surface area contributed by atoms with Crippen LogP contribution in [0.2, 0.25) is 0 Å². The van der Waals surface area contributed by atoms with Gasteiger partial charge in [0.1, 0.15) is 0 Å². The van der Waals surface area contributed by atoms with Crippen LogP contribution >= 0.6 is 15.9 Å². The molecule has 5 heteroatoms. The van der Waals surface area contributed by atoms with Crippen molar-refractivity contribution in [3.8, 4) is 11.6 Å². The Balaban J connectivity index is 2.09. The lowest BCUT2D eigenvalue weighted by Crippen LogP contribution is -1.94. The second-order valence-corrected chi connectivity index (χ2v) is 5.10. The molecule has 3 nitrogen and oxygen atoms in total. The Morgan fingerprint density at radius 2 is 1.95 bits per heavy atom. The zero-order chi connectivity index (χ0) is 14.1. The van der Waals surface area contributed by atoms with Gasteiger partial charge in [0.25, 0.3) is 0 Å². The SMILES string of the molecule is Nc1ccc(Oc2nccc3c(Br)cccc23)c(F)c1. The van der Waals surface area contributed by atoms with E-state index in [-0.39, 0.29) is 5.75 Å². The minimum atomic E-state index is -0.515. The molecule has 2 N–H and O–H groups in total. The summed E-state index contributed by atoms with van der Waals surface area (Å²) in [5.41, 5.74) is 5.86. The second-order valence-electron chi connectivity index (χ2n) is 4.24. The van der Waals surface area contributed by atoms with Gasteiger partial charge in [-0.1, -0.05) is 22.0 Å². The minimum Gasteiger partial charge on any atom is -0.435 e. The smallest absolute Gasteiger partial charge is 0.227 e. The third-order valence-corrected chi connectivity index (χ3v) is 3.57. The molecule has 100 valence electrons. The van der Waals surface area contributed by atoms with Crippen LogP contribution in [0.15, 0.2) is 53.1 Å². The van der Waals surface area contributed by atoms with Crippen LogP contribution in [-0.2, 0) is 0 Å². The highest BCUT2D eigenvalue weighted by Gasteiger charge is 2.10. The molecule has 0 radical (unpaired) electrons. The molecule has 1 aromatic heterocycles. The van der Waals surface area contributed by atoms with Crippen molar-refractivity contribution >= 4 is 32.4 Å². The lowest BCUT2D eigenvalue weighted by atomic mass is 10.2. The first-order valence-corrected chi connectivity index (χ1v) is 6.70. The Bertz CT molecular complexity index is 792. The quantitative estimate of drug-likeness (QED) is 0.702. The lowest BCUT2D eigenvalue weighted by Gasteiger charge is -2.09. The molecular weight excluding hydrogens is 323 g/mol. The molecule has 3 aromatic rings. The molecular formula is C15H10BrFN2O. The summed E-state index contributed by atoms with van der Waals surface area (Å²) < 4.78 is 20.3. The van der Waals surface area contributed by atoms with E-state index < -0.39 is 5.82 Å². The molecule has 0 aliphatic rings. The molecule has 3 rings (SSSR count). The van der Waals surface area contributed by atoms with E-state index in [1.165, 1.54) is 12.1 Å². The van der Waals surface area contributed by atoms with Gasteiger partial charge >= 0.3 is 0 Å². The minimum absolute atomic E-state index is 0.0965. The molecule has 0 saturated carbocycles. The lowest BCUT2D eigenvalue weighted by molar-refractivity contribution is 0.432. The Labute approximate surface area is 123 Å². The van der Waals surface area contributed by atoms with E-state index in [9.17, 15) is 4.39 Å². The van der Waals surface area contributed by atoms with Crippen LogP contribution in [0.4, 0.5) is 10.1 Å². The summed E-state index contributed by atoms with van der Waals surface area (Å²) in [4.78, 5) is 4.17. The van der Waals surface area contributed by atoms with Crippen molar-refractivity contribution in [3.05, 3.63) is 59.0 Å². The monoisotopic (exact) mass is 332 g/mol. The molecule has 20 heavy (non-hydrogen) atoms. The largest absolute Gasteiger partial charge is 0.435 e. The van der Waals surface area contributed by atoms with Gasteiger partial charge in [-0.2, -0.15) is 0 Å². The number of nitrogen functional groups attached to an aromatic ring is 1. The average molecular weight is 333 g/mol. The van der Waals surface area contributed by atoms with Gasteiger partial charge in [-0.15, -0.1) is 0 Å². The van der Waals surface area contributed by atoms with E-state index in [4.69, 9.17) is 10.5 Å². The standard InChI is InChI=1S/C15H10BrFN2O/c16-12-3-1-2-11-10(12)6-7-19-15(11)20-14-5-4-9(18)8-13(14)17/h1-8H,18H2. The first-order valence-electron chi connectivity index (χ1n) is 5.91. The normalized spacial score (nSPS) is 10.7. The number of hydrogen-bond donors (Lipinski definition) is 1. The maximum Gasteiger partial charge on any atom is 0.227 e. The van der Waals surface area contributed by atoms with Crippen molar-refractivity contribution in [2.45, 2.75) is 0 Å².